The van der Waals surface area contributed by atoms with Crippen molar-refractivity contribution in [3.63, 3.8) is 0 Å². The van der Waals surface area contributed by atoms with Gasteiger partial charge in [-0.2, -0.15) is 5.10 Å². The first kappa shape index (κ1) is 18.4. The van der Waals surface area contributed by atoms with E-state index in [4.69, 9.17) is 0 Å². The lowest BCUT2D eigenvalue weighted by Crippen LogP contribution is -2.43. The van der Waals surface area contributed by atoms with Crippen LogP contribution in [0.1, 0.15) is 53.0 Å². The zero-order valence-corrected chi connectivity index (χ0v) is 15.7. The summed E-state index contributed by atoms with van der Waals surface area (Å²) >= 11 is 0. The molecule has 0 unspecified atom stereocenters. The number of amides is 1. The molecule has 2 aromatic rings. The second-order valence-electron chi connectivity index (χ2n) is 7.18. The summed E-state index contributed by atoms with van der Waals surface area (Å²) in [7, 11) is 1.82. The maximum absolute atomic E-state index is 13.0. The van der Waals surface area contributed by atoms with Crippen LogP contribution in [0.3, 0.4) is 0 Å². The SMILES string of the molecule is CCn1c(C)cc(C)c(C(=O)N[C@H](c2cnn(C)c2)C2CC(O)C2)c1=O. The summed E-state index contributed by atoms with van der Waals surface area (Å²) in [6, 6.07) is 1.60. The van der Waals surface area contributed by atoms with E-state index in [-0.39, 0.29) is 35.1 Å². The number of aromatic nitrogens is 3. The molecule has 0 saturated heterocycles. The van der Waals surface area contributed by atoms with E-state index in [0.29, 0.717) is 24.9 Å². The van der Waals surface area contributed by atoms with Gasteiger partial charge in [0, 0.05) is 31.0 Å². The zero-order valence-electron chi connectivity index (χ0n) is 15.7. The van der Waals surface area contributed by atoms with Crippen LogP contribution in [0, 0.1) is 19.8 Å². The number of hydrogen-bond acceptors (Lipinski definition) is 4. The third kappa shape index (κ3) is 3.31. The molecule has 0 aliphatic heterocycles. The number of rotatable bonds is 5. The molecule has 26 heavy (non-hydrogen) atoms. The van der Waals surface area contributed by atoms with Gasteiger partial charge in [-0.25, -0.2) is 0 Å². The van der Waals surface area contributed by atoms with Gasteiger partial charge in [0.05, 0.1) is 18.3 Å². The molecular formula is C19H26N4O3. The number of nitrogens with one attached hydrogen (secondary N) is 1. The number of carbonyl (C=O) groups excluding carboxylic acids is 1. The molecule has 1 amide bonds. The van der Waals surface area contributed by atoms with Gasteiger partial charge in [0.1, 0.15) is 5.56 Å². The van der Waals surface area contributed by atoms with E-state index < -0.39 is 0 Å². The Morgan fingerprint density at radius 2 is 2.12 bits per heavy atom. The number of pyridine rings is 1. The highest BCUT2D eigenvalue weighted by molar-refractivity contribution is 5.95. The number of carbonyl (C=O) groups is 1. The van der Waals surface area contributed by atoms with Crippen molar-refractivity contribution in [2.75, 3.05) is 0 Å². The van der Waals surface area contributed by atoms with Crippen LogP contribution in [0.4, 0.5) is 0 Å². The predicted octanol–water partition coefficient (Wildman–Crippen LogP) is 1.46. The Morgan fingerprint density at radius 3 is 2.65 bits per heavy atom. The number of nitrogens with zero attached hydrogens (tertiary/aromatic N) is 3. The van der Waals surface area contributed by atoms with Gasteiger partial charge in [-0.1, -0.05) is 0 Å². The molecule has 1 saturated carbocycles. The van der Waals surface area contributed by atoms with Crippen molar-refractivity contribution in [1.29, 1.82) is 0 Å². The van der Waals surface area contributed by atoms with Gasteiger partial charge >= 0.3 is 0 Å². The summed E-state index contributed by atoms with van der Waals surface area (Å²) in [5.41, 5.74) is 2.33. The van der Waals surface area contributed by atoms with E-state index in [9.17, 15) is 14.7 Å². The number of aryl methyl sites for hydroxylation is 3. The minimum absolute atomic E-state index is 0.136. The summed E-state index contributed by atoms with van der Waals surface area (Å²) < 4.78 is 3.29. The summed E-state index contributed by atoms with van der Waals surface area (Å²) in [6.45, 7) is 6.06. The predicted molar refractivity (Wildman–Crippen MR) is 98.0 cm³/mol. The van der Waals surface area contributed by atoms with E-state index in [2.05, 4.69) is 10.4 Å². The maximum Gasteiger partial charge on any atom is 0.263 e. The van der Waals surface area contributed by atoms with Crippen molar-refractivity contribution in [3.05, 3.63) is 51.2 Å². The van der Waals surface area contributed by atoms with Gasteiger partial charge in [-0.05, 0) is 51.2 Å². The minimum Gasteiger partial charge on any atom is -0.393 e. The molecule has 7 nitrogen and oxygen atoms in total. The average molecular weight is 358 g/mol. The smallest absolute Gasteiger partial charge is 0.263 e. The van der Waals surface area contributed by atoms with Crippen LogP contribution in [-0.2, 0) is 13.6 Å². The van der Waals surface area contributed by atoms with E-state index >= 15 is 0 Å². The Hall–Kier alpha value is -2.41. The van der Waals surface area contributed by atoms with Crippen LogP contribution >= 0.6 is 0 Å². The molecule has 0 bridgehead atoms. The zero-order chi connectivity index (χ0) is 19.0. The van der Waals surface area contributed by atoms with Crippen molar-refractivity contribution in [2.24, 2.45) is 13.0 Å². The molecular weight excluding hydrogens is 332 g/mol. The number of aliphatic hydroxyl groups excluding tert-OH is 1. The summed E-state index contributed by atoms with van der Waals surface area (Å²) in [5, 5.41) is 16.9. The van der Waals surface area contributed by atoms with E-state index in [1.54, 1.807) is 22.4 Å². The third-order valence-corrected chi connectivity index (χ3v) is 5.24. The molecule has 2 N–H and O–H groups in total. The lowest BCUT2D eigenvalue weighted by Gasteiger charge is -2.37. The number of hydrogen-bond donors (Lipinski definition) is 2. The Bertz CT molecular complexity index is 877. The van der Waals surface area contributed by atoms with E-state index in [0.717, 1.165) is 11.3 Å². The van der Waals surface area contributed by atoms with E-state index in [1.165, 1.54) is 0 Å². The highest BCUT2D eigenvalue weighted by Gasteiger charge is 2.36. The first-order chi connectivity index (χ1) is 12.3. The second kappa shape index (κ2) is 7.07. The average Bonchev–Trinajstić information content (AvgIpc) is 2.96. The van der Waals surface area contributed by atoms with Gasteiger partial charge in [0.15, 0.2) is 0 Å². The number of aliphatic hydroxyl groups is 1. The van der Waals surface area contributed by atoms with Crippen LogP contribution in [-0.4, -0.2) is 31.5 Å². The van der Waals surface area contributed by atoms with Gasteiger partial charge in [-0.15, -0.1) is 0 Å². The van der Waals surface area contributed by atoms with Crippen LogP contribution in [0.5, 0.6) is 0 Å². The van der Waals surface area contributed by atoms with Crippen LogP contribution in [0.25, 0.3) is 0 Å². The highest BCUT2D eigenvalue weighted by atomic mass is 16.3. The molecule has 1 aliphatic carbocycles. The van der Waals surface area contributed by atoms with Crippen LogP contribution in [0.2, 0.25) is 0 Å². The largest absolute Gasteiger partial charge is 0.393 e. The Morgan fingerprint density at radius 1 is 1.42 bits per heavy atom. The standard InChI is InChI=1S/C19H26N4O3/c1-5-23-12(3)6-11(2)16(19(23)26)18(25)21-17(13-7-15(24)8-13)14-9-20-22(4)10-14/h6,9-10,13,15,17,24H,5,7-8H2,1-4H3,(H,21,25)/t13?,15?,17-/m0/s1. The molecule has 2 heterocycles. The molecule has 3 rings (SSSR count). The van der Waals surface area contributed by atoms with Crippen molar-refractivity contribution in [3.8, 4) is 0 Å². The Kier molecular flexibility index (Phi) is 5.00. The van der Waals surface area contributed by atoms with Crippen LogP contribution < -0.4 is 10.9 Å². The van der Waals surface area contributed by atoms with Crippen molar-refractivity contribution in [1.82, 2.24) is 19.7 Å². The first-order valence-corrected chi connectivity index (χ1v) is 9.00. The van der Waals surface area contributed by atoms with Crippen molar-refractivity contribution >= 4 is 5.91 Å². The lowest BCUT2D eigenvalue weighted by atomic mass is 9.75. The fourth-order valence-electron chi connectivity index (χ4n) is 3.79. The molecule has 2 aromatic heterocycles. The second-order valence-corrected chi connectivity index (χ2v) is 7.18. The quantitative estimate of drug-likeness (QED) is 0.847. The monoisotopic (exact) mass is 358 g/mol. The topological polar surface area (TPSA) is 89.2 Å². The van der Waals surface area contributed by atoms with Crippen LogP contribution in [0.15, 0.2) is 23.3 Å². The van der Waals surface area contributed by atoms with Crippen molar-refractivity contribution in [2.45, 2.75) is 52.3 Å². The van der Waals surface area contributed by atoms with Crippen molar-refractivity contribution < 1.29 is 9.90 Å². The highest BCUT2D eigenvalue weighted by Crippen LogP contribution is 2.38. The molecule has 1 aliphatic rings. The molecule has 0 radical (unpaired) electrons. The first-order valence-electron chi connectivity index (χ1n) is 9.00. The lowest BCUT2D eigenvalue weighted by molar-refractivity contribution is 0.0235. The third-order valence-electron chi connectivity index (χ3n) is 5.24. The molecule has 0 spiro atoms. The fraction of sp³-hybridized carbons (Fsp3) is 0.526. The summed E-state index contributed by atoms with van der Waals surface area (Å²) in [5.74, 6) is -0.234. The van der Waals surface area contributed by atoms with Gasteiger partial charge < -0.3 is 15.0 Å². The summed E-state index contributed by atoms with van der Waals surface area (Å²) in [4.78, 5) is 25.7. The van der Waals surface area contributed by atoms with Gasteiger partial charge in [0.25, 0.3) is 11.5 Å². The fourth-order valence-corrected chi connectivity index (χ4v) is 3.79. The minimum atomic E-state index is -0.370. The molecule has 140 valence electrons. The molecule has 7 heteroatoms. The van der Waals surface area contributed by atoms with Gasteiger partial charge in [-0.3, -0.25) is 14.3 Å². The maximum atomic E-state index is 13.0. The Balaban J connectivity index is 1.93. The van der Waals surface area contributed by atoms with E-state index in [1.807, 2.05) is 33.2 Å². The molecule has 1 fully saturated rings. The molecule has 0 aromatic carbocycles. The summed E-state index contributed by atoms with van der Waals surface area (Å²) in [6.07, 6.45) is 4.52. The van der Waals surface area contributed by atoms with Gasteiger partial charge in [0.2, 0.25) is 0 Å². The normalized spacial score (nSPS) is 20.5. The Labute approximate surface area is 152 Å². The molecule has 1 atom stereocenters.